The molecule has 5 nitrogen and oxygen atoms in total. The molecule has 0 saturated carbocycles. The number of benzene rings is 1. The molecule has 2 aromatic heterocycles. The van der Waals surface area contributed by atoms with Gasteiger partial charge in [-0.1, -0.05) is 17.4 Å². The van der Waals surface area contributed by atoms with Crippen molar-refractivity contribution in [1.82, 2.24) is 14.8 Å². The standard InChI is InChI=1S/C14H14FN3O2S2/c1-9(2)18-7-6-10(17-18)8-22(19,20)14-16-12-5-3-4-11(15)13(12)21-14/h3-7,9H,8H2,1-2H3. The minimum absolute atomic E-state index is 0.0771. The van der Waals surface area contributed by atoms with Crippen molar-refractivity contribution in [2.24, 2.45) is 0 Å². The highest BCUT2D eigenvalue weighted by molar-refractivity contribution is 7.92. The van der Waals surface area contributed by atoms with Gasteiger partial charge in [0.25, 0.3) is 0 Å². The number of thiazole rings is 1. The van der Waals surface area contributed by atoms with Crippen LogP contribution in [-0.2, 0) is 15.6 Å². The zero-order chi connectivity index (χ0) is 15.9. The summed E-state index contributed by atoms with van der Waals surface area (Å²) in [6, 6.07) is 6.24. The molecule has 0 unspecified atom stereocenters. The summed E-state index contributed by atoms with van der Waals surface area (Å²) in [6.45, 7) is 3.92. The van der Waals surface area contributed by atoms with Crippen LogP contribution in [-0.4, -0.2) is 23.2 Å². The lowest BCUT2D eigenvalue weighted by Gasteiger charge is -2.03. The van der Waals surface area contributed by atoms with Crippen molar-refractivity contribution < 1.29 is 12.8 Å². The lowest BCUT2D eigenvalue weighted by atomic mass is 10.3. The zero-order valence-corrected chi connectivity index (χ0v) is 13.7. The molecule has 0 saturated heterocycles. The summed E-state index contributed by atoms with van der Waals surface area (Å²) >= 11 is 0.855. The highest BCUT2D eigenvalue weighted by Crippen LogP contribution is 2.29. The van der Waals surface area contributed by atoms with Gasteiger partial charge in [-0.15, -0.1) is 0 Å². The van der Waals surface area contributed by atoms with Crippen LogP contribution in [0.4, 0.5) is 4.39 Å². The van der Waals surface area contributed by atoms with Crippen molar-refractivity contribution >= 4 is 31.4 Å². The maximum Gasteiger partial charge on any atom is 0.211 e. The smallest absolute Gasteiger partial charge is 0.211 e. The average molecular weight is 339 g/mol. The van der Waals surface area contributed by atoms with Crippen molar-refractivity contribution in [1.29, 1.82) is 0 Å². The van der Waals surface area contributed by atoms with Crippen molar-refractivity contribution in [2.45, 2.75) is 30.0 Å². The Labute approximate surface area is 131 Å². The van der Waals surface area contributed by atoms with Crippen molar-refractivity contribution in [3.63, 3.8) is 0 Å². The Kier molecular flexibility index (Phi) is 3.73. The summed E-state index contributed by atoms with van der Waals surface area (Å²) in [5, 5.41) is 4.23. The second-order valence-corrected chi connectivity index (χ2v) is 8.37. The molecule has 116 valence electrons. The minimum atomic E-state index is -3.64. The lowest BCUT2D eigenvalue weighted by Crippen LogP contribution is -2.07. The van der Waals surface area contributed by atoms with Crippen molar-refractivity contribution in [3.8, 4) is 0 Å². The fourth-order valence-corrected chi connectivity index (χ4v) is 4.57. The van der Waals surface area contributed by atoms with Gasteiger partial charge in [-0.2, -0.15) is 5.10 Å². The van der Waals surface area contributed by atoms with Crippen LogP contribution >= 0.6 is 11.3 Å². The van der Waals surface area contributed by atoms with E-state index in [1.54, 1.807) is 23.0 Å². The first-order valence-electron chi connectivity index (χ1n) is 6.68. The summed E-state index contributed by atoms with van der Waals surface area (Å²) in [5.74, 6) is -0.700. The van der Waals surface area contributed by atoms with E-state index in [0.29, 0.717) is 11.2 Å². The number of sulfone groups is 1. The highest BCUT2D eigenvalue weighted by atomic mass is 32.2. The fourth-order valence-electron chi connectivity index (χ4n) is 2.03. The molecule has 0 aliphatic heterocycles. The molecule has 0 amide bonds. The van der Waals surface area contributed by atoms with E-state index in [1.165, 1.54) is 12.1 Å². The van der Waals surface area contributed by atoms with Crippen LogP contribution in [0.2, 0.25) is 0 Å². The Bertz CT molecular complexity index is 929. The zero-order valence-electron chi connectivity index (χ0n) is 12.0. The lowest BCUT2D eigenvalue weighted by molar-refractivity contribution is 0.527. The van der Waals surface area contributed by atoms with Crippen molar-refractivity contribution in [3.05, 3.63) is 42.0 Å². The largest absolute Gasteiger partial charge is 0.270 e. The third kappa shape index (κ3) is 2.76. The molecule has 2 heterocycles. The predicted octanol–water partition coefficient (Wildman–Crippen LogP) is 3.19. The van der Waals surface area contributed by atoms with Gasteiger partial charge in [0.05, 0.1) is 15.9 Å². The number of nitrogens with zero attached hydrogens (tertiary/aromatic N) is 3. The summed E-state index contributed by atoms with van der Waals surface area (Å²) in [7, 11) is -3.64. The molecule has 0 atom stereocenters. The Morgan fingerprint density at radius 2 is 2.09 bits per heavy atom. The summed E-state index contributed by atoms with van der Waals surface area (Å²) in [4.78, 5) is 4.04. The molecule has 22 heavy (non-hydrogen) atoms. The van der Waals surface area contributed by atoms with Gasteiger partial charge in [-0.25, -0.2) is 17.8 Å². The first-order chi connectivity index (χ1) is 10.4. The molecule has 0 radical (unpaired) electrons. The molecule has 1 aromatic carbocycles. The van der Waals surface area contributed by atoms with Gasteiger partial charge in [0.1, 0.15) is 11.6 Å². The second-order valence-electron chi connectivity index (χ2n) is 5.21. The molecule has 3 rings (SSSR count). The maximum atomic E-state index is 13.7. The van der Waals surface area contributed by atoms with E-state index >= 15 is 0 Å². The van der Waals surface area contributed by atoms with E-state index in [-0.39, 0.29) is 20.8 Å². The third-order valence-corrected chi connectivity index (χ3v) is 6.33. The molecule has 0 N–H and O–H groups in total. The number of rotatable bonds is 4. The van der Waals surface area contributed by atoms with Gasteiger partial charge in [-0.05, 0) is 32.0 Å². The first kappa shape index (κ1) is 15.1. The molecular weight excluding hydrogens is 325 g/mol. The van der Waals surface area contributed by atoms with Gasteiger partial charge in [0, 0.05) is 12.2 Å². The maximum absolute atomic E-state index is 13.7. The second kappa shape index (κ2) is 5.44. The van der Waals surface area contributed by atoms with E-state index in [0.717, 1.165) is 11.3 Å². The Balaban J connectivity index is 1.95. The van der Waals surface area contributed by atoms with Gasteiger partial charge in [-0.3, -0.25) is 4.68 Å². The predicted molar refractivity (Wildman–Crippen MR) is 83.1 cm³/mol. The molecule has 8 heteroatoms. The molecule has 3 aromatic rings. The normalized spacial score (nSPS) is 12.4. The van der Waals surface area contributed by atoms with Crippen LogP contribution in [0.25, 0.3) is 10.2 Å². The summed E-state index contributed by atoms with van der Waals surface area (Å²) in [6.07, 6.45) is 1.74. The molecular formula is C14H14FN3O2S2. The van der Waals surface area contributed by atoms with Gasteiger partial charge in [0.2, 0.25) is 14.2 Å². The van der Waals surface area contributed by atoms with Gasteiger partial charge < -0.3 is 0 Å². The van der Waals surface area contributed by atoms with Crippen LogP contribution in [0.3, 0.4) is 0 Å². The number of hydrogen-bond donors (Lipinski definition) is 0. The van der Waals surface area contributed by atoms with E-state index in [4.69, 9.17) is 0 Å². The topological polar surface area (TPSA) is 64.8 Å². The fraction of sp³-hybridized carbons (Fsp3) is 0.286. The Morgan fingerprint density at radius 1 is 1.32 bits per heavy atom. The van der Waals surface area contributed by atoms with Crippen molar-refractivity contribution in [2.75, 3.05) is 0 Å². The number of aromatic nitrogens is 3. The Morgan fingerprint density at radius 3 is 2.73 bits per heavy atom. The monoisotopic (exact) mass is 339 g/mol. The van der Waals surface area contributed by atoms with E-state index in [9.17, 15) is 12.8 Å². The van der Waals surface area contributed by atoms with Crippen LogP contribution in [0.5, 0.6) is 0 Å². The SMILES string of the molecule is CC(C)n1ccc(CS(=O)(=O)c2nc3cccc(F)c3s2)n1. The number of halogens is 1. The van der Waals surface area contributed by atoms with Crippen LogP contribution in [0, 0.1) is 5.82 Å². The summed E-state index contributed by atoms with van der Waals surface area (Å²) in [5.41, 5.74) is 0.810. The number of fused-ring (bicyclic) bond motifs is 1. The van der Waals surface area contributed by atoms with Gasteiger partial charge in [0.15, 0.2) is 0 Å². The van der Waals surface area contributed by atoms with Crippen LogP contribution in [0.1, 0.15) is 25.6 Å². The summed E-state index contributed by atoms with van der Waals surface area (Å²) < 4.78 is 40.4. The Hall–Kier alpha value is -1.80. The molecule has 0 spiro atoms. The molecule has 0 fully saturated rings. The van der Waals surface area contributed by atoms with Crippen LogP contribution < -0.4 is 0 Å². The van der Waals surface area contributed by atoms with E-state index < -0.39 is 15.7 Å². The average Bonchev–Trinajstić information content (AvgIpc) is 3.05. The highest BCUT2D eigenvalue weighted by Gasteiger charge is 2.22. The third-order valence-electron chi connectivity index (χ3n) is 3.14. The molecule has 0 bridgehead atoms. The number of hydrogen-bond acceptors (Lipinski definition) is 5. The van der Waals surface area contributed by atoms with Gasteiger partial charge >= 0.3 is 0 Å². The molecule has 0 aliphatic carbocycles. The quantitative estimate of drug-likeness (QED) is 0.732. The molecule has 0 aliphatic rings. The van der Waals surface area contributed by atoms with E-state index in [1.807, 2.05) is 13.8 Å². The van der Waals surface area contributed by atoms with E-state index in [2.05, 4.69) is 10.1 Å². The first-order valence-corrected chi connectivity index (χ1v) is 9.15. The van der Waals surface area contributed by atoms with Crippen LogP contribution in [0.15, 0.2) is 34.8 Å². The minimum Gasteiger partial charge on any atom is -0.270 e.